The van der Waals surface area contributed by atoms with Crippen LogP contribution < -0.4 is 0 Å². The van der Waals surface area contributed by atoms with Crippen molar-refractivity contribution >= 4 is 40.7 Å². The second-order valence-corrected chi connectivity index (χ2v) is 8.62. The Morgan fingerprint density at radius 2 is 2.00 bits per heavy atom. The third kappa shape index (κ3) is 4.14. The first kappa shape index (κ1) is 17.6. The fourth-order valence-electron chi connectivity index (χ4n) is 2.77. The number of carbonyl (C=O) groups excluding carboxylic acids is 1. The number of hydrogen-bond donors (Lipinski definition) is 0. The first-order valence-corrected chi connectivity index (χ1v) is 10.4. The number of thiazole rings is 1. The maximum Gasteiger partial charge on any atom is 0.374 e. The van der Waals surface area contributed by atoms with E-state index in [1.807, 2.05) is 24.3 Å². The smallest absolute Gasteiger partial charge is 0.374 e. The summed E-state index contributed by atoms with van der Waals surface area (Å²) in [6, 6.07) is 10.8. The SMILES string of the molecule is O=C(OCc1nc2c(s1)CCCC2)c1ccc(Sc2ccc(Cl)cc2)o1. The molecule has 26 heavy (non-hydrogen) atoms. The Balaban J connectivity index is 1.35. The Hall–Kier alpha value is -1.76. The van der Waals surface area contributed by atoms with Crippen molar-refractivity contribution in [2.75, 3.05) is 0 Å². The van der Waals surface area contributed by atoms with Gasteiger partial charge in [0.1, 0.15) is 11.6 Å². The molecule has 1 aromatic carbocycles. The fourth-order valence-corrected chi connectivity index (χ4v) is 4.74. The molecule has 0 radical (unpaired) electrons. The van der Waals surface area contributed by atoms with Gasteiger partial charge in [0.05, 0.1) is 5.69 Å². The number of nitrogens with zero attached hydrogens (tertiary/aromatic N) is 1. The lowest BCUT2D eigenvalue weighted by atomic mass is 10.0. The highest BCUT2D eigenvalue weighted by Crippen LogP contribution is 2.31. The molecular weight excluding hydrogens is 390 g/mol. The predicted molar refractivity (Wildman–Crippen MR) is 102 cm³/mol. The van der Waals surface area contributed by atoms with Crippen LogP contribution in [-0.2, 0) is 24.2 Å². The van der Waals surface area contributed by atoms with Crippen LogP contribution in [-0.4, -0.2) is 11.0 Å². The molecule has 0 amide bonds. The van der Waals surface area contributed by atoms with E-state index in [0.717, 1.165) is 22.7 Å². The Bertz CT molecular complexity index is 894. The van der Waals surface area contributed by atoms with Gasteiger partial charge in [0.25, 0.3) is 0 Å². The summed E-state index contributed by atoms with van der Waals surface area (Å²) in [5, 5.41) is 2.17. The Labute approximate surface area is 164 Å². The Morgan fingerprint density at radius 1 is 1.19 bits per heavy atom. The monoisotopic (exact) mass is 405 g/mol. The van der Waals surface area contributed by atoms with E-state index in [0.29, 0.717) is 10.1 Å². The lowest BCUT2D eigenvalue weighted by molar-refractivity contribution is 0.0430. The van der Waals surface area contributed by atoms with Gasteiger partial charge in [-0.3, -0.25) is 0 Å². The molecule has 134 valence electrons. The van der Waals surface area contributed by atoms with Crippen LogP contribution in [0.5, 0.6) is 0 Å². The van der Waals surface area contributed by atoms with Gasteiger partial charge in [0, 0.05) is 14.8 Å². The van der Waals surface area contributed by atoms with E-state index in [1.54, 1.807) is 23.5 Å². The zero-order chi connectivity index (χ0) is 17.9. The van der Waals surface area contributed by atoms with Crippen LogP contribution >= 0.6 is 34.7 Å². The summed E-state index contributed by atoms with van der Waals surface area (Å²) in [5.41, 5.74) is 1.17. The molecule has 0 bridgehead atoms. The molecule has 0 unspecified atom stereocenters. The Morgan fingerprint density at radius 3 is 2.81 bits per heavy atom. The molecule has 4 rings (SSSR count). The van der Waals surface area contributed by atoms with Crippen LogP contribution in [0.4, 0.5) is 0 Å². The number of carbonyl (C=O) groups is 1. The largest absolute Gasteiger partial charge is 0.452 e. The van der Waals surface area contributed by atoms with Crippen molar-refractivity contribution in [3.63, 3.8) is 0 Å². The number of hydrogen-bond acceptors (Lipinski definition) is 6. The Kier molecular flexibility index (Phi) is 5.33. The quantitative estimate of drug-likeness (QED) is 0.504. The molecule has 1 aliphatic carbocycles. The van der Waals surface area contributed by atoms with Gasteiger partial charge in [0.15, 0.2) is 5.09 Å². The highest BCUT2D eigenvalue weighted by atomic mass is 35.5. The van der Waals surface area contributed by atoms with E-state index in [1.165, 1.54) is 35.2 Å². The average molecular weight is 406 g/mol. The molecule has 0 atom stereocenters. The molecule has 4 nitrogen and oxygen atoms in total. The van der Waals surface area contributed by atoms with E-state index in [2.05, 4.69) is 4.98 Å². The summed E-state index contributed by atoms with van der Waals surface area (Å²) in [4.78, 5) is 19.1. The number of aryl methyl sites for hydroxylation is 2. The molecule has 1 aliphatic rings. The molecule has 2 aromatic heterocycles. The summed E-state index contributed by atoms with van der Waals surface area (Å²) in [7, 11) is 0. The van der Waals surface area contributed by atoms with Crippen LogP contribution in [0.15, 0.2) is 50.8 Å². The minimum Gasteiger partial charge on any atom is -0.452 e. The standard InChI is InChI=1S/C19H16ClNO3S2/c20-12-5-7-13(8-6-12)25-18-10-9-15(24-18)19(22)23-11-17-21-14-3-1-2-4-16(14)26-17/h5-10H,1-4,11H2. The summed E-state index contributed by atoms with van der Waals surface area (Å²) >= 11 is 8.95. The highest BCUT2D eigenvalue weighted by Gasteiger charge is 2.18. The van der Waals surface area contributed by atoms with E-state index in [4.69, 9.17) is 20.8 Å². The lowest BCUT2D eigenvalue weighted by Gasteiger charge is -2.06. The topological polar surface area (TPSA) is 52.3 Å². The summed E-state index contributed by atoms with van der Waals surface area (Å²) in [5.74, 6) is -0.274. The summed E-state index contributed by atoms with van der Waals surface area (Å²) in [6.07, 6.45) is 4.53. The second-order valence-electron chi connectivity index (χ2n) is 5.94. The maximum absolute atomic E-state index is 12.2. The molecule has 0 fully saturated rings. The number of benzene rings is 1. The van der Waals surface area contributed by atoms with E-state index in [-0.39, 0.29) is 12.4 Å². The maximum atomic E-state index is 12.2. The molecule has 0 N–H and O–H groups in total. The number of esters is 1. The van der Waals surface area contributed by atoms with Crippen LogP contribution in [0.3, 0.4) is 0 Å². The number of rotatable bonds is 5. The van der Waals surface area contributed by atoms with Gasteiger partial charge in [-0.25, -0.2) is 9.78 Å². The number of aromatic nitrogens is 1. The molecular formula is C19H16ClNO3S2. The molecule has 7 heteroatoms. The van der Waals surface area contributed by atoms with E-state index >= 15 is 0 Å². The van der Waals surface area contributed by atoms with Gasteiger partial charge in [-0.1, -0.05) is 23.4 Å². The van der Waals surface area contributed by atoms with Gasteiger partial charge in [-0.2, -0.15) is 0 Å². The molecule has 0 spiro atoms. The van der Waals surface area contributed by atoms with Crippen LogP contribution in [0.1, 0.15) is 39.0 Å². The van der Waals surface area contributed by atoms with Gasteiger partial charge < -0.3 is 9.15 Å². The van der Waals surface area contributed by atoms with Crippen LogP contribution in [0.2, 0.25) is 5.02 Å². The minimum absolute atomic E-state index is 0.191. The van der Waals surface area contributed by atoms with Crippen molar-refractivity contribution in [3.05, 3.63) is 62.8 Å². The van der Waals surface area contributed by atoms with Gasteiger partial charge in [-0.15, -0.1) is 11.3 Å². The van der Waals surface area contributed by atoms with E-state index < -0.39 is 5.97 Å². The first-order chi connectivity index (χ1) is 12.7. The fraction of sp³-hybridized carbons (Fsp3) is 0.263. The van der Waals surface area contributed by atoms with Crippen molar-refractivity contribution < 1.29 is 13.9 Å². The molecule has 0 saturated heterocycles. The van der Waals surface area contributed by atoms with Crippen LogP contribution in [0, 0.1) is 0 Å². The van der Waals surface area contributed by atoms with Crippen molar-refractivity contribution in [2.24, 2.45) is 0 Å². The van der Waals surface area contributed by atoms with Crippen molar-refractivity contribution in [2.45, 2.75) is 42.3 Å². The second kappa shape index (κ2) is 7.86. The minimum atomic E-state index is -0.471. The number of halogens is 1. The average Bonchev–Trinajstić information content (AvgIpc) is 3.28. The lowest BCUT2D eigenvalue weighted by Crippen LogP contribution is -2.04. The van der Waals surface area contributed by atoms with Gasteiger partial charge in [0.2, 0.25) is 5.76 Å². The third-order valence-corrected chi connectivity index (χ3v) is 6.34. The van der Waals surface area contributed by atoms with Gasteiger partial charge in [-0.05, 0) is 62.1 Å². The zero-order valence-corrected chi connectivity index (χ0v) is 16.3. The molecule has 2 heterocycles. The van der Waals surface area contributed by atoms with Crippen LogP contribution in [0.25, 0.3) is 0 Å². The predicted octanol–water partition coefficient (Wildman–Crippen LogP) is 5.78. The first-order valence-electron chi connectivity index (χ1n) is 8.35. The normalized spacial score (nSPS) is 13.4. The van der Waals surface area contributed by atoms with Crippen molar-refractivity contribution in [1.82, 2.24) is 4.98 Å². The van der Waals surface area contributed by atoms with Gasteiger partial charge >= 0.3 is 5.97 Å². The molecule has 0 aliphatic heterocycles. The number of fused-ring (bicyclic) bond motifs is 1. The van der Waals surface area contributed by atoms with Crippen molar-refractivity contribution in [1.29, 1.82) is 0 Å². The highest BCUT2D eigenvalue weighted by molar-refractivity contribution is 7.99. The van der Waals surface area contributed by atoms with E-state index in [9.17, 15) is 4.79 Å². The number of ether oxygens (including phenoxy) is 1. The third-order valence-electron chi connectivity index (χ3n) is 4.03. The molecule has 0 saturated carbocycles. The zero-order valence-electron chi connectivity index (χ0n) is 13.9. The summed E-state index contributed by atoms with van der Waals surface area (Å²) < 4.78 is 10.9. The van der Waals surface area contributed by atoms with Crippen molar-refractivity contribution in [3.8, 4) is 0 Å². The molecule has 3 aromatic rings. The number of furan rings is 1. The summed E-state index contributed by atoms with van der Waals surface area (Å²) in [6.45, 7) is 0.191.